The second kappa shape index (κ2) is 16.0. The number of hydrazone groups is 1. The van der Waals surface area contributed by atoms with E-state index in [1.54, 1.807) is 62.4 Å². The van der Waals surface area contributed by atoms with E-state index in [1.165, 1.54) is 6.21 Å². The predicted octanol–water partition coefficient (Wildman–Crippen LogP) is 6.66. The molecule has 3 rings (SSSR count). The van der Waals surface area contributed by atoms with Crippen molar-refractivity contribution in [3.05, 3.63) is 76.0 Å². The number of rotatable bonds is 14. The maximum atomic E-state index is 12.8. The van der Waals surface area contributed by atoms with Crippen molar-refractivity contribution in [3.63, 3.8) is 0 Å². The summed E-state index contributed by atoms with van der Waals surface area (Å²) in [5.41, 5.74) is 3.58. The number of halogens is 2. The molecule has 1 atom stereocenters. The highest BCUT2D eigenvalue weighted by Gasteiger charge is 2.21. The quantitative estimate of drug-likeness (QED) is 0.0905. The highest BCUT2D eigenvalue weighted by atomic mass is 35.5. The molecule has 2 N–H and O–H groups in total. The Morgan fingerprint density at radius 3 is 2.52 bits per heavy atom. The van der Waals surface area contributed by atoms with Crippen molar-refractivity contribution >= 4 is 47.2 Å². The van der Waals surface area contributed by atoms with Gasteiger partial charge in [-0.15, -0.1) is 0 Å². The average Bonchev–Trinajstić information content (AvgIpc) is 3.40. The summed E-state index contributed by atoms with van der Waals surface area (Å²) < 4.78 is 16.7. The molecule has 0 radical (unpaired) electrons. The highest BCUT2D eigenvalue weighted by Crippen LogP contribution is 2.27. The van der Waals surface area contributed by atoms with Crippen LogP contribution in [0.1, 0.15) is 63.1 Å². The van der Waals surface area contributed by atoms with E-state index in [9.17, 15) is 14.4 Å². The minimum atomic E-state index is -0.762. The van der Waals surface area contributed by atoms with Crippen LogP contribution in [-0.2, 0) is 14.3 Å². The van der Waals surface area contributed by atoms with Gasteiger partial charge in [-0.2, -0.15) is 5.10 Å². The molecule has 2 amide bonds. The molecule has 1 heterocycles. The van der Waals surface area contributed by atoms with Gasteiger partial charge in [-0.25, -0.2) is 10.2 Å². The third-order valence-corrected chi connectivity index (χ3v) is 6.31. The van der Waals surface area contributed by atoms with Crippen molar-refractivity contribution < 1.29 is 28.3 Å². The number of esters is 1. The van der Waals surface area contributed by atoms with Crippen molar-refractivity contribution in [2.75, 3.05) is 6.61 Å². The first kappa shape index (κ1) is 32.7. The Morgan fingerprint density at radius 2 is 1.81 bits per heavy atom. The zero-order valence-electron chi connectivity index (χ0n) is 24.0. The van der Waals surface area contributed by atoms with E-state index in [4.69, 9.17) is 37.1 Å². The molecule has 0 aliphatic rings. The molecule has 0 unspecified atom stereocenters. The van der Waals surface area contributed by atoms with E-state index >= 15 is 0 Å². The maximum absolute atomic E-state index is 12.8. The third kappa shape index (κ3) is 10.5. The smallest absolute Gasteiger partial charge is 0.338 e. The van der Waals surface area contributed by atoms with Crippen LogP contribution in [0.25, 0.3) is 11.3 Å². The minimum Gasteiger partial charge on any atom is -0.492 e. The van der Waals surface area contributed by atoms with E-state index in [0.717, 1.165) is 0 Å². The van der Waals surface area contributed by atoms with Crippen LogP contribution in [0.4, 0.5) is 0 Å². The second-order valence-electron chi connectivity index (χ2n) is 10.2. The lowest BCUT2D eigenvalue weighted by Gasteiger charge is -2.19. The molecule has 0 spiro atoms. The number of carbonyl (C=O) groups excluding carboxylic acids is 3. The molecule has 42 heavy (non-hydrogen) atoms. The van der Waals surface area contributed by atoms with Crippen molar-refractivity contribution in [2.24, 2.45) is 11.0 Å². The van der Waals surface area contributed by atoms with Crippen molar-refractivity contribution in [3.8, 4) is 17.1 Å². The molecular formula is C31H35Cl2N3O6. The van der Waals surface area contributed by atoms with Gasteiger partial charge in [-0.1, -0.05) is 49.2 Å². The van der Waals surface area contributed by atoms with E-state index in [-0.39, 0.29) is 31.0 Å². The molecule has 224 valence electrons. The number of ether oxygens (including phenoxy) is 2. The van der Waals surface area contributed by atoms with Crippen LogP contribution in [0, 0.1) is 5.92 Å². The van der Waals surface area contributed by atoms with Gasteiger partial charge in [-0.3, -0.25) is 9.59 Å². The summed E-state index contributed by atoms with van der Waals surface area (Å²) in [5.74, 6) is 0.421. The predicted molar refractivity (Wildman–Crippen MR) is 163 cm³/mol. The van der Waals surface area contributed by atoms with Gasteiger partial charge < -0.3 is 19.2 Å². The Balaban J connectivity index is 1.51. The van der Waals surface area contributed by atoms with Crippen LogP contribution in [0.3, 0.4) is 0 Å². The zero-order valence-corrected chi connectivity index (χ0v) is 25.5. The monoisotopic (exact) mass is 615 g/mol. The molecular weight excluding hydrogens is 581 g/mol. The largest absolute Gasteiger partial charge is 0.492 e. The fourth-order valence-corrected chi connectivity index (χ4v) is 4.34. The first-order valence-electron chi connectivity index (χ1n) is 13.6. The average molecular weight is 617 g/mol. The van der Waals surface area contributed by atoms with Crippen molar-refractivity contribution in [2.45, 2.75) is 59.1 Å². The zero-order chi connectivity index (χ0) is 30.6. The number of amides is 2. The molecule has 0 bridgehead atoms. The Hall–Kier alpha value is -3.82. The van der Waals surface area contributed by atoms with Gasteiger partial charge in [0.05, 0.1) is 29.5 Å². The van der Waals surface area contributed by atoms with E-state index in [1.807, 2.05) is 19.9 Å². The molecule has 0 aliphatic carbocycles. The standard InChI is InChI=1S/C31H35Cl2N3O6/c1-19(2)15-26(35-29(37)9-6-14-40-28-12-10-23(32)17-25(28)33)30(38)36-34-18-24-11-13-27(42-24)21-7-5-8-22(16-21)31(39)41-20(3)4/h5,7-8,10-13,16-20,26H,6,9,14-15H2,1-4H3,(H,35,37)(H,36,38)/b34-18-/t26-/m0/s1. The summed E-state index contributed by atoms with van der Waals surface area (Å²) >= 11 is 12.0. The summed E-state index contributed by atoms with van der Waals surface area (Å²) in [4.78, 5) is 37.6. The molecule has 0 aliphatic heterocycles. The highest BCUT2D eigenvalue weighted by molar-refractivity contribution is 6.35. The first-order valence-corrected chi connectivity index (χ1v) is 14.4. The summed E-state index contributed by atoms with van der Waals surface area (Å²) in [7, 11) is 0. The van der Waals surface area contributed by atoms with Crippen molar-refractivity contribution in [1.29, 1.82) is 0 Å². The lowest BCUT2D eigenvalue weighted by molar-refractivity contribution is -0.129. The molecule has 0 saturated carbocycles. The third-order valence-electron chi connectivity index (χ3n) is 5.78. The van der Waals surface area contributed by atoms with E-state index in [2.05, 4.69) is 15.8 Å². The summed E-state index contributed by atoms with van der Waals surface area (Å²) in [6.07, 6.45) is 2.18. The normalized spacial score (nSPS) is 12.0. The number of carbonyl (C=O) groups is 3. The lowest BCUT2D eigenvalue weighted by Crippen LogP contribution is -2.46. The summed E-state index contributed by atoms with van der Waals surface area (Å²) in [5, 5.41) is 7.68. The van der Waals surface area contributed by atoms with Crippen LogP contribution in [0.15, 0.2) is 64.1 Å². The van der Waals surface area contributed by atoms with Gasteiger partial charge >= 0.3 is 5.97 Å². The Morgan fingerprint density at radius 1 is 1.02 bits per heavy atom. The minimum absolute atomic E-state index is 0.154. The van der Waals surface area contributed by atoms with Gasteiger partial charge in [0.15, 0.2) is 0 Å². The Labute approximate surface area is 255 Å². The fourth-order valence-electron chi connectivity index (χ4n) is 3.87. The van der Waals surface area contributed by atoms with Crippen molar-refractivity contribution in [1.82, 2.24) is 10.7 Å². The van der Waals surface area contributed by atoms with Crippen LogP contribution < -0.4 is 15.5 Å². The van der Waals surface area contributed by atoms with E-state index < -0.39 is 17.9 Å². The second-order valence-corrected chi connectivity index (χ2v) is 11.1. The molecule has 3 aromatic rings. The van der Waals surface area contributed by atoms with Gasteiger partial charge in [0.1, 0.15) is 23.3 Å². The molecule has 0 fully saturated rings. The van der Waals surface area contributed by atoms with Crippen LogP contribution in [-0.4, -0.2) is 42.8 Å². The molecule has 1 aromatic heterocycles. The lowest BCUT2D eigenvalue weighted by atomic mass is 10.0. The van der Waals surface area contributed by atoms with Gasteiger partial charge in [0, 0.05) is 17.0 Å². The molecule has 0 saturated heterocycles. The van der Waals surface area contributed by atoms with Crippen LogP contribution in [0.2, 0.25) is 10.0 Å². The summed E-state index contributed by atoms with van der Waals surface area (Å²) in [6, 6.07) is 14.5. The number of nitrogens with one attached hydrogen (secondary N) is 2. The first-order chi connectivity index (χ1) is 20.0. The Kier molecular flexibility index (Phi) is 12.4. The molecule has 11 heteroatoms. The number of furan rings is 1. The van der Waals surface area contributed by atoms with E-state index in [0.29, 0.717) is 51.3 Å². The number of hydrogen-bond donors (Lipinski definition) is 2. The number of nitrogens with zero attached hydrogens (tertiary/aromatic N) is 1. The van der Waals surface area contributed by atoms with Crippen LogP contribution in [0.5, 0.6) is 5.75 Å². The fraction of sp³-hybridized carbons (Fsp3) is 0.355. The molecule has 9 nitrogen and oxygen atoms in total. The summed E-state index contributed by atoms with van der Waals surface area (Å²) in [6.45, 7) is 7.77. The van der Waals surface area contributed by atoms with Crippen LogP contribution >= 0.6 is 23.2 Å². The SMILES string of the molecule is CC(C)C[C@H](NC(=O)CCCOc1ccc(Cl)cc1Cl)C(=O)N/N=C\c1ccc(-c2cccc(C(=O)OC(C)C)c2)o1. The van der Waals surface area contributed by atoms with Gasteiger partial charge in [-0.05, 0) is 75.1 Å². The van der Waals surface area contributed by atoms with Gasteiger partial charge in [0.25, 0.3) is 5.91 Å². The number of hydrogen-bond acceptors (Lipinski definition) is 7. The Bertz CT molecular complexity index is 1400. The molecule has 2 aromatic carbocycles. The van der Waals surface area contributed by atoms with Gasteiger partial charge in [0.2, 0.25) is 5.91 Å². The topological polar surface area (TPSA) is 119 Å². The number of benzene rings is 2. The maximum Gasteiger partial charge on any atom is 0.338 e.